The average molecular weight is 255 g/mol. The molecule has 0 aromatic heterocycles. The first-order valence-electron chi connectivity index (χ1n) is 5.12. The highest BCUT2D eigenvalue weighted by molar-refractivity contribution is 8.22. The van der Waals surface area contributed by atoms with Crippen LogP contribution in [0.2, 0.25) is 0 Å². The molecule has 0 aliphatic carbocycles. The molecule has 0 amide bonds. The van der Waals surface area contributed by atoms with Crippen molar-refractivity contribution >= 4 is 34.0 Å². The van der Waals surface area contributed by atoms with Crippen molar-refractivity contribution in [2.24, 2.45) is 0 Å². The van der Waals surface area contributed by atoms with Crippen molar-refractivity contribution in [3.8, 4) is 0 Å². The number of benzene rings is 1. The molecular formula is C12H19N2S2+. The van der Waals surface area contributed by atoms with Crippen LogP contribution in [0, 0.1) is 0 Å². The molecule has 0 spiro atoms. The Morgan fingerprint density at radius 3 is 2.00 bits per heavy atom. The van der Waals surface area contributed by atoms with Crippen LogP contribution in [-0.2, 0) is 0 Å². The van der Waals surface area contributed by atoms with Gasteiger partial charge in [-0.25, -0.2) is 0 Å². The largest absolute Gasteiger partial charge is 0.363 e. The molecule has 0 heterocycles. The molecule has 0 atom stereocenters. The lowest BCUT2D eigenvalue weighted by molar-refractivity contribution is 0.486. The summed E-state index contributed by atoms with van der Waals surface area (Å²) in [6.45, 7) is 0. The fourth-order valence-electron chi connectivity index (χ4n) is 1.15. The molecule has 1 rings (SSSR count). The van der Waals surface area contributed by atoms with Gasteiger partial charge in [0.2, 0.25) is 0 Å². The van der Waals surface area contributed by atoms with Gasteiger partial charge in [0.15, 0.2) is 0 Å². The first-order chi connectivity index (χ1) is 7.30. The molecule has 1 aromatic carbocycles. The molecule has 0 saturated heterocycles. The van der Waals surface area contributed by atoms with Crippen LogP contribution in [0.15, 0.2) is 29.2 Å². The van der Waals surface area contributed by atoms with E-state index in [2.05, 4.69) is 45.4 Å². The standard InChI is InChI=1S/C12H19N2S2/c1-13(2)12(15)16-11-8-6-10(7-9-11)14(3,4)5/h6-9H,1-5H3/q+1. The summed E-state index contributed by atoms with van der Waals surface area (Å²) >= 11 is 6.87. The first-order valence-corrected chi connectivity index (χ1v) is 6.34. The number of hydrogen-bond acceptors (Lipinski definition) is 2. The van der Waals surface area contributed by atoms with E-state index in [4.69, 9.17) is 12.2 Å². The van der Waals surface area contributed by atoms with Crippen LogP contribution in [0.25, 0.3) is 0 Å². The number of thioether (sulfide) groups is 1. The van der Waals surface area contributed by atoms with E-state index < -0.39 is 0 Å². The van der Waals surface area contributed by atoms with Crippen molar-refractivity contribution < 1.29 is 0 Å². The van der Waals surface area contributed by atoms with Crippen molar-refractivity contribution in [2.75, 3.05) is 35.2 Å². The highest BCUT2D eigenvalue weighted by atomic mass is 32.2. The van der Waals surface area contributed by atoms with Crippen molar-refractivity contribution in [3.63, 3.8) is 0 Å². The second-order valence-corrected chi connectivity index (χ2v) is 6.48. The summed E-state index contributed by atoms with van der Waals surface area (Å²) in [7, 11) is 10.4. The lowest BCUT2D eigenvalue weighted by Gasteiger charge is -2.23. The van der Waals surface area contributed by atoms with Gasteiger partial charge in [0.25, 0.3) is 0 Å². The third-order valence-corrected chi connectivity index (χ3v) is 3.84. The van der Waals surface area contributed by atoms with Crippen LogP contribution in [0.5, 0.6) is 0 Å². The van der Waals surface area contributed by atoms with Crippen molar-refractivity contribution in [1.29, 1.82) is 0 Å². The van der Waals surface area contributed by atoms with Gasteiger partial charge >= 0.3 is 0 Å². The van der Waals surface area contributed by atoms with Gasteiger partial charge in [0, 0.05) is 31.1 Å². The first kappa shape index (κ1) is 13.5. The Morgan fingerprint density at radius 1 is 1.12 bits per heavy atom. The second-order valence-electron chi connectivity index (χ2n) is 4.77. The van der Waals surface area contributed by atoms with Crippen molar-refractivity contribution in [2.45, 2.75) is 4.90 Å². The Kier molecular flexibility index (Phi) is 4.35. The SMILES string of the molecule is CN(C)C(=S)Sc1ccc([N+](C)(C)C)cc1. The number of nitrogens with zero attached hydrogens (tertiary/aromatic N) is 2. The fourth-order valence-corrected chi connectivity index (χ4v) is 2.10. The lowest BCUT2D eigenvalue weighted by Crippen LogP contribution is -2.34. The van der Waals surface area contributed by atoms with E-state index in [1.165, 1.54) is 10.6 Å². The normalized spacial score (nSPS) is 11.3. The Bertz CT molecular complexity index is 364. The van der Waals surface area contributed by atoms with Crippen molar-refractivity contribution in [1.82, 2.24) is 9.38 Å². The molecule has 0 fully saturated rings. The molecule has 1 aromatic rings. The third-order valence-electron chi connectivity index (χ3n) is 2.18. The van der Waals surface area contributed by atoms with E-state index in [0.29, 0.717) is 0 Å². The molecule has 0 saturated carbocycles. The Hall–Kier alpha value is -0.580. The summed E-state index contributed by atoms with van der Waals surface area (Å²) in [5, 5.41) is 0. The van der Waals surface area contributed by atoms with Gasteiger partial charge in [-0.1, -0.05) is 24.0 Å². The van der Waals surface area contributed by atoms with Gasteiger partial charge < -0.3 is 4.90 Å². The predicted molar refractivity (Wildman–Crippen MR) is 78.2 cm³/mol. The molecular weight excluding hydrogens is 236 g/mol. The molecule has 0 unspecified atom stereocenters. The number of quaternary nitrogens is 1. The molecule has 4 heteroatoms. The summed E-state index contributed by atoms with van der Waals surface area (Å²) in [5.41, 5.74) is 1.29. The zero-order valence-corrected chi connectivity index (χ0v) is 12.2. The molecule has 0 radical (unpaired) electrons. The zero-order valence-electron chi connectivity index (χ0n) is 10.5. The topological polar surface area (TPSA) is 3.24 Å². The van der Waals surface area contributed by atoms with E-state index in [0.717, 1.165) is 8.80 Å². The molecule has 88 valence electrons. The minimum atomic E-state index is 0.836. The summed E-state index contributed by atoms with van der Waals surface area (Å²) in [6.07, 6.45) is 0. The number of hydrogen-bond donors (Lipinski definition) is 0. The predicted octanol–water partition coefficient (Wildman–Crippen LogP) is 2.82. The monoisotopic (exact) mass is 255 g/mol. The van der Waals surface area contributed by atoms with Gasteiger partial charge in [0.1, 0.15) is 10.0 Å². The molecule has 16 heavy (non-hydrogen) atoms. The Morgan fingerprint density at radius 2 is 1.62 bits per heavy atom. The van der Waals surface area contributed by atoms with Crippen LogP contribution < -0.4 is 4.48 Å². The number of thiocarbonyl (C=S) groups is 1. The molecule has 0 aliphatic heterocycles. The molecule has 0 aliphatic rings. The smallest absolute Gasteiger partial charge is 0.140 e. The van der Waals surface area contributed by atoms with Crippen LogP contribution in [0.1, 0.15) is 0 Å². The van der Waals surface area contributed by atoms with Crippen LogP contribution in [-0.4, -0.2) is 44.5 Å². The summed E-state index contributed by atoms with van der Waals surface area (Å²) in [6, 6.07) is 8.56. The minimum Gasteiger partial charge on any atom is -0.363 e. The van der Waals surface area contributed by atoms with E-state index in [9.17, 15) is 0 Å². The van der Waals surface area contributed by atoms with Gasteiger partial charge in [-0.2, -0.15) is 0 Å². The Labute approximate surface area is 108 Å². The molecule has 0 N–H and O–H groups in total. The second kappa shape index (κ2) is 5.17. The third kappa shape index (κ3) is 3.77. The van der Waals surface area contributed by atoms with E-state index in [1.54, 1.807) is 11.8 Å². The average Bonchev–Trinajstić information content (AvgIpc) is 2.17. The van der Waals surface area contributed by atoms with Crippen LogP contribution in [0.4, 0.5) is 5.69 Å². The highest BCUT2D eigenvalue weighted by Crippen LogP contribution is 2.25. The van der Waals surface area contributed by atoms with Gasteiger partial charge in [-0.05, 0) is 12.1 Å². The minimum absolute atomic E-state index is 0.836. The zero-order chi connectivity index (χ0) is 12.3. The maximum absolute atomic E-state index is 5.25. The van der Waals surface area contributed by atoms with Gasteiger partial charge in [-0.3, -0.25) is 4.48 Å². The van der Waals surface area contributed by atoms with E-state index >= 15 is 0 Å². The summed E-state index contributed by atoms with van der Waals surface area (Å²) < 4.78 is 1.72. The molecule has 2 nitrogen and oxygen atoms in total. The van der Waals surface area contributed by atoms with Crippen LogP contribution >= 0.6 is 24.0 Å². The van der Waals surface area contributed by atoms with E-state index in [-0.39, 0.29) is 0 Å². The lowest BCUT2D eigenvalue weighted by atomic mass is 10.3. The van der Waals surface area contributed by atoms with Gasteiger partial charge in [0.05, 0.1) is 21.1 Å². The maximum Gasteiger partial charge on any atom is 0.140 e. The molecule has 0 bridgehead atoms. The van der Waals surface area contributed by atoms with Crippen molar-refractivity contribution in [3.05, 3.63) is 24.3 Å². The van der Waals surface area contributed by atoms with Crippen LogP contribution in [0.3, 0.4) is 0 Å². The maximum atomic E-state index is 5.25. The summed E-state index contributed by atoms with van der Waals surface area (Å²) in [5.74, 6) is 0. The Balaban J connectivity index is 2.76. The van der Waals surface area contributed by atoms with Gasteiger partial charge in [-0.15, -0.1) is 0 Å². The van der Waals surface area contributed by atoms with E-state index in [1.807, 2.05) is 19.0 Å². The fraction of sp³-hybridized carbons (Fsp3) is 0.417. The number of rotatable bonds is 2. The highest BCUT2D eigenvalue weighted by Gasteiger charge is 2.11. The summed E-state index contributed by atoms with van der Waals surface area (Å²) in [4.78, 5) is 3.14. The quantitative estimate of drug-likeness (QED) is 0.454.